The van der Waals surface area contributed by atoms with Crippen molar-refractivity contribution in [3.63, 3.8) is 0 Å². The largest absolute Gasteiger partial charge is 0.392 e. The molecule has 146 valence electrons. The molecule has 0 bridgehead atoms. The topological polar surface area (TPSA) is 60.9 Å². The zero-order valence-corrected chi connectivity index (χ0v) is 15.1. The lowest BCUT2D eigenvalue weighted by Crippen LogP contribution is -2.51. The fraction of sp³-hybridized carbons (Fsp3) is 0.333. The van der Waals surface area contributed by atoms with Gasteiger partial charge in [0.25, 0.3) is 5.91 Å². The number of rotatable bonds is 3. The molecule has 2 amide bonds. The van der Waals surface area contributed by atoms with Gasteiger partial charge in [-0.25, -0.2) is 8.78 Å². The van der Waals surface area contributed by atoms with E-state index in [0.717, 1.165) is 18.2 Å². The van der Waals surface area contributed by atoms with E-state index in [4.69, 9.17) is 0 Å². The van der Waals surface area contributed by atoms with Crippen LogP contribution >= 0.6 is 0 Å². The fourth-order valence-corrected chi connectivity index (χ4v) is 3.51. The summed E-state index contributed by atoms with van der Waals surface area (Å²) in [6, 6.07) is 9.65. The molecule has 1 N–H and O–H groups in total. The Morgan fingerprint density at radius 3 is 2.14 bits per heavy atom. The third kappa shape index (κ3) is 3.62. The summed E-state index contributed by atoms with van der Waals surface area (Å²) in [5.74, 6) is -1.53. The third-order valence-corrected chi connectivity index (χ3v) is 5.32. The first kappa shape index (κ1) is 18.6. The number of amides is 2. The highest BCUT2D eigenvalue weighted by atomic mass is 19.1. The van der Waals surface area contributed by atoms with E-state index in [9.17, 15) is 23.5 Å². The monoisotopic (exact) mass is 386 g/mol. The van der Waals surface area contributed by atoms with Crippen LogP contribution in [0.2, 0.25) is 0 Å². The standard InChI is InChI=1S/C21H20F2N2O3/c22-15-5-6-18(23)16(11-15)13-1-3-14(4-2-13)20(27)24-7-9-25(10-8-24)21(28)17-12-19(17)26/h1-6,11,17,19,26H,7-10,12H2. The lowest BCUT2D eigenvalue weighted by Gasteiger charge is -2.35. The molecule has 2 aromatic rings. The van der Waals surface area contributed by atoms with Crippen molar-refractivity contribution in [1.82, 2.24) is 9.80 Å². The average Bonchev–Trinajstić information content (AvgIpc) is 3.45. The van der Waals surface area contributed by atoms with Gasteiger partial charge in [0.1, 0.15) is 11.6 Å². The van der Waals surface area contributed by atoms with Gasteiger partial charge in [-0.2, -0.15) is 0 Å². The van der Waals surface area contributed by atoms with E-state index in [1.54, 1.807) is 34.1 Å². The second-order valence-corrected chi connectivity index (χ2v) is 7.23. The van der Waals surface area contributed by atoms with Gasteiger partial charge >= 0.3 is 0 Å². The van der Waals surface area contributed by atoms with E-state index in [2.05, 4.69) is 0 Å². The average molecular weight is 386 g/mol. The molecule has 2 atom stereocenters. The minimum atomic E-state index is -0.526. The first-order valence-corrected chi connectivity index (χ1v) is 9.25. The van der Waals surface area contributed by atoms with Crippen molar-refractivity contribution in [2.45, 2.75) is 12.5 Å². The van der Waals surface area contributed by atoms with Crippen molar-refractivity contribution in [1.29, 1.82) is 0 Å². The zero-order chi connectivity index (χ0) is 19.8. The Morgan fingerprint density at radius 2 is 1.54 bits per heavy atom. The summed E-state index contributed by atoms with van der Waals surface area (Å²) in [4.78, 5) is 28.2. The van der Waals surface area contributed by atoms with Crippen LogP contribution in [0.25, 0.3) is 11.1 Å². The zero-order valence-electron chi connectivity index (χ0n) is 15.1. The van der Waals surface area contributed by atoms with E-state index >= 15 is 0 Å². The maximum absolute atomic E-state index is 13.9. The lowest BCUT2D eigenvalue weighted by molar-refractivity contribution is -0.134. The highest BCUT2D eigenvalue weighted by Crippen LogP contribution is 2.32. The maximum Gasteiger partial charge on any atom is 0.253 e. The van der Waals surface area contributed by atoms with Crippen molar-refractivity contribution in [2.75, 3.05) is 26.2 Å². The summed E-state index contributed by atoms with van der Waals surface area (Å²) < 4.78 is 27.3. The Morgan fingerprint density at radius 1 is 0.929 bits per heavy atom. The second-order valence-electron chi connectivity index (χ2n) is 7.23. The van der Waals surface area contributed by atoms with E-state index in [1.165, 1.54) is 0 Å². The van der Waals surface area contributed by atoms with Gasteiger partial charge in [-0.3, -0.25) is 9.59 Å². The van der Waals surface area contributed by atoms with Gasteiger partial charge in [0.2, 0.25) is 5.91 Å². The third-order valence-electron chi connectivity index (χ3n) is 5.32. The Hall–Kier alpha value is -2.80. The van der Waals surface area contributed by atoms with E-state index in [-0.39, 0.29) is 23.3 Å². The molecule has 4 rings (SSSR count). The van der Waals surface area contributed by atoms with Crippen LogP contribution in [0.5, 0.6) is 0 Å². The van der Waals surface area contributed by atoms with Gasteiger partial charge in [-0.15, -0.1) is 0 Å². The quantitative estimate of drug-likeness (QED) is 0.881. The molecule has 2 aliphatic rings. The van der Waals surface area contributed by atoms with Crippen molar-refractivity contribution in [3.8, 4) is 11.1 Å². The summed E-state index contributed by atoms with van der Waals surface area (Å²) >= 11 is 0. The summed E-state index contributed by atoms with van der Waals surface area (Å²) in [5.41, 5.74) is 1.10. The molecular weight excluding hydrogens is 366 g/mol. The maximum atomic E-state index is 13.9. The van der Waals surface area contributed by atoms with Crippen LogP contribution in [0.1, 0.15) is 16.8 Å². The molecule has 1 heterocycles. The summed E-state index contributed by atoms with van der Waals surface area (Å²) in [7, 11) is 0. The smallest absolute Gasteiger partial charge is 0.253 e. The number of piperazine rings is 1. The number of nitrogens with zero attached hydrogens (tertiary/aromatic N) is 2. The summed E-state index contributed by atoms with van der Waals surface area (Å²) in [5, 5.41) is 9.40. The van der Waals surface area contributed by atoms with Crippen LogP contribution in [-0.2, 0) is 4.79 Å². The van der Waals surface area contributed by atoms with Crippen LogP contribution < -0.4 is 0 Å². The lowest BCUT2D eigenvalue weighted by atomic mass is 10.0. The first-order valence-electron chi connectivity index (χ1n) is 9.25. The Labute approximate surface area is 161 Å². The highest BCUT2D eigenvalue weighted by molar-refractivity contribution is 5.95. The molecule has 0 spiro atoms. The van der Waals surface area contributed by atoms with Crippen molar-refractivity contribution in [2.24, 2.45) is 5.92 Å². The Balaban J connectivity index is 1.40. The minimum Gasteiger partial charge on any atom is -0.392 e. The Bertz CT molecular complexity index is 908. The second kappa shape index (κ2) is 7.31. The van der Waals surface area contributed by atoms with Crippen LogP contribution in [0.4, 0.5) is 8.78 Å². The van der Waals surface area contributed by atoms with E-state index < -0.39 is 17.7 Å². The SMILES string of the molecule is O=C(c1ccc(-c2cc(F)ccc2F)cc1)N1CCN(C(=O)C2CC2O)CC1. The molecule has 2 unspecified atom stereocenters. The van der Waals surface area contributed by atoms with Gasteiger partial charge in [-0.05, 0) is 42.3 Å². The molecule has 28 heavy (non-hydrogen) atoms. The molecule has 1 aliphatic heterocycles. The normalized spacial score (nSPS) is 21.5. The molecule has 5 nitrogen and oxygen atoms in total. The number of carbonyl (C=O) groups is 2. The first-order chi connectivity index (χ1) is 13.4. The van der Waals surface area contributed by atoms with Gasteiger partial charge in [0.05, 0.1) is 12.0 Å². The van der Waals surface area contributed by atoms with Crippen LogP contribution in [0.15, 0.2) is 42.5 Å². The number of benzene rings is 2. The molecule has 7 heteroatoms. The molecule has 1 aliphatic carbocycles. The van der Waals surface area contributed by atoms with Gasteiger partial charge < -0.3 is 14.9 Å². The van der Waals surface area contributed by atoms with E-state index in [1.807, 2.05) is 0 Å². The number of carbonyl (C=O) groups excluding carboxylic acids is 2. The highest BCUT2D eigenvalue weighted by Gasteiger charge is 2.44. The molecule has 1 saturated heterocycles. The van der Waals surface area contributed by atoms with E-state index in [0.29, 0.717) is 43.7 Å². The van der Waals surface area contributed by atoms with Crippen molar-refractivity contribution < 1.29 is 23.5 Å². The molecule has 2 aromatic carbocycles. The molecule has 2 fully saturated rings. The summed E-state index contributed by atoms with van der Waals surface area (Å²) in [6.45, 7) is 1.74. The van der Waals surface area contributed by atoms with Crippen LogP contribution in [-0.4, -0.2) is 59.0 Å². The Kier molecular flexibility index (Phi) is 4.85. The molecule has 0 radical (unpaired) electrons. The number of hydrogen-bond acceptors (Lipinski definition) is 3. The number of hydrogen-bond donors (Lipinski definition) is 1. The molecular formula is C21H20F2N2O3. The predicted molar refractivity (Wildman–Crippen MR) is 98.4 cm³/mol. The van der Waals surface area contributed by atoms with Crippen LogP contribution in [0, 0.1) is 17.6 Å². The molecule has 0 aromatic heterocycles. The van der Waals surface area contributed by atoms with Crippen molar-refractivity contribution >= 4 is 11.8 Å². The number of aliphatic hydroxyl groups excluding tert-OH is 1. The minimum absolute atomic E-state index is 0.0407. The number of halogens is 2. The van der Waals surface area contributed by atoms with Gasteiger partial charge in [0, 0.05) is 37.3 Å². The fourth-order valence-electron chi connectivity index (χ4n) is 3.51. The van der Waals surface area contributed by atoms with Crippen LogP contribution in [0.3, 0.4) is 0 Å². The van der Waals surface area contributed by atoms with Gasteiger partial charge in [0.15, 0.2) is 0 Å². The summed E-state index contributed by atoms with van der Waals surface area (Å²) in [6.07, 6.45) is 0.00423. The molecule has 1 saturated carbocycles. The van der Waals surface area contributed by atoms with Gasteiger partial charge in [-0.1, -0.05) is 12.1 Å². The number of aliphatic hydroxyl groups is 1. The van der Waals surface area contributed by atoms with Crippen molar-refractivity contribution in [3.05, 3.63) is 59.7 Å². The predicted octanol–water partition coefficient (Wildman–Crippen LogP) is 2.30.